The topological polar surface area (TPSA) is 67.2 Å². The molecule has 4 aromatic rings. The average molecular weight is 525 g/mol. The quantitative estimate of drug-likeness (QED) is 0.304. The third-order valence-corrected chi connectivity index (χ3v) is 7.56. The van der Waals surface area contributed by atoms with E-state index in [1.165, 1.54) is 5.56 Å². The molecule has 1 fully saturated rings. The molecule has 1 aliphatic rings. The Labute approximate surface area is 231 Å². The number of carbonyl (C=O) groups excluding carboxylic acids is 1. The zero-order chi connectivity index (χ0) is 27.6. The molecule has 3 heterocycles. The van der Waals surface area contributed by atoms with Gasteiger partial charge in [-0.3, -0.25) is 4.79 Å². The van der Waals surface area contributed by atoms with Crippen molar-refractivity contribution in [2.24, 2.45) is 0 Å². The summed E-state index contributed by atoms with van der Waals surface area (Å²) in [6, 6.07) is 18.3. The first-order chi connectivity index (χ1) is 18.8. The zero-order valence-electron chi connectivity index (χ0n) is 23.9. The highest BCUT2D eigenvalue weighted by molar-refractivity contribution is 5.94. The van der Waals surface area contributed by atoms with E-state index in [-0.39, 0.29) is 11.3 Å². The maximum atomic E-state index is 13.4. The van der Waals surface area contributed by atoms with E-state index in [1.54, 1.807) is 0 Å². The second-order valence-corrected chi connectivity index (χ2v) is 11.6. The lowest BCUT2D eigenvalue weighted by molar-refractivity contribution is 0.0767. The summed E-state index contributed by atoms with van der Waals surface area (Å²) in [5, 5.41) is 5.89. The van der Waals surface area contributed by atoms with E-state index in [2.05, 4.69) is 56.9 Å². The fraction of sp³-hybridized carbons (Fsp3) is 0.438. The minimum atomic E-state index is 0.0655. The van der Waals surface area contributed by atoms with Crippen LogP contribution in [0.1, 0.15) is 74.4 Å². The Morgan fingerprint density at radius 3 is 2.36 bits per heavy atom. The van der Waals surface area contributed by atoms with Gasteiger partial charge in [0.1, 0.15) is 11.6 Å². The lowest BCUT2D eigenvalue weighted by atomic mass is 9.86. The van der Waals surface area contributed by atoms with Crippen molar-refractivity contribution < 1.29 is 4.79 Å². The van der Waals surface area contributed by atoms with E-state index in [4.69, 9.17) is 15.1 Å². The first-order valence-electron chi connectivity index (χ1n) is 14.2. The smallest absolute Gasteiger partial charge is 0.253 e. The number of hydrogen-bond donors (Lipinski definition) is 0. The molecular weight excluding hydrogens is 484 g/mol. The number of para-hydroxylation sites is 1. The number of aryl methyl sites for hydroxylation is 2. The maximum absolute atomic E-state index is 13.4. The first-order valence-corrected chi connectivity index (χ1v) is 14.2. The van der Waals surface area contributed by atoms with Crippen LogP contribution in [0.2, 0.25) is 0 Å². The van der Waals surface area contributed by atoms with Gasteiger partial charge in [0.2, 0.25) is 0 Å². The predicted octanol–water partition coefficient (Wildman–Crippen LogP) is 6.12. The fourth-order valence-corrected chi connectivity index (χ4v) is 5.26. The van der Waals surface area contributed by atoms with Gasteiger partial charge < -0.3 is 9.80 Å². The third kappa shape index (κ3) is 5.68. The van der Waals surface area contributed by atoms with Crippen molar-refractivity contribution in [3.63, 3.8) is 0 Å². The van der Waals surface area contributed by atoms with Gasteiger partial charge in [-0.15, -0.1) is 0 Å². The average Bonchev–Trinajstić information content (AvgIpc) is 3.10. The summed E-state index contributed by atoms with van der Waals surface area (Å²) in [6.45, 7) is 13.7. The number of carbonyl (C=O) groups is 1. The molecule has 39 heavy (non-hydrogen) atoms. The van der Waals surface area contributed by atoms with Crippen molar-refractivity contribution in [2.75, 3.05) is 31.1 Å². The van der Waals surface area contributed by atoms with Crippen LogP contribution in [0.4, 0.5) is 5.82 Å². The normalized spacial score (nSPS) is 14.6. The molecule has 1 amide bonds. The molecule has 0 saturated carbocycles. The summed E-state index contributed by atoms with van der Waals surface area (Å²) in [5.41, 5.74) is 4.82. The molecule has 0 atom stereocenters. The van der Waals surface area contributed by atoms with Crippen LogP contribution in [0.5, 0.6) is 0 Å². The van der Waals surface area contributed by atoms with Gasteiger partial charge >= 0.3 is 0 Å². The van der Waals surface area contributed by atoms with Crippen LogP contribution in [0.15, 0.2) is 54.6 Å². The van der Waals surface area contributed by atoms with Gasteiger partial charge in [0.25, 0.3) is 5.91 Å². The molecule has 5 rings (SSSR count). The molecule has 7 heteroatoms. The van der Waals surface area contributed by atoms with Gasteiger partial charge in [0.15, 0.2) is 5.65 Å². The highest BCUT2D eigenvalue weighted by Crippen LogP contribution is 2.30. The number of unbranched alkanes of at least 4 members (excludes halogenated alkanes) is 1. The Balaban J connectivity index is 1.44. The molecule has 0 spiro atoms. The zero-order valence-corrected chi connectivity index (χ0v) is 23.9. The van der Waals surface area contributed by atoms with E-state index in [0.717, 1.165) is 84.9 Å². The van der Waals surface area contributed by atoms with Crippen LogP contribution < -0.4 is 4.90 Å². The minimum absolute atomic E-state index is 0.0655. The highest BCUT2D eigenvalue weighted by Gasteiger charge is 2.26. The number of benzene rings is 2. The summed E-state index contributed by atoms with van der Waals surface area (Å²) in [6.07, 6.45) is 3.85. The van der Waals surface area contributed by atoms with E-state index < -0.39 is 0 Å². The van der Waals surface area contributed by atoms with Crippen LogP contribution in [0.3, 0.4) is 0 Å². The van der Waals surface area contributed by atoms with Crippen molar-refractivity contribution in [3.8, 4) is 5.69 Å². The minimum Gasteiger partial charge on any atom is -0.354 e. The SMILES string of the molecule is CCCCc1nc(N2CCCN(C(=O)c3ccc(C(C)(C)C)cc3)CC2)c2c(C)nn(-c3ccccc3)c2n1. The molecule has 7 nitrogen and oxygen atoms in total. The van der Waals surface area contributed by atoms with Gasteiger partial charge in [-0.2, -0.15) is 5.10 Å². The molecule has 204 valence electrons. The Hall–Kier alpha value is -3.74. The fourth-order valence-electron chi connectivity index (χ4n) is 5.26. The molecule has 1 aliphatic heterocycles. The predicted molar refractivity (Wildman–Crippen MR) is 158 cm³/mol. The van der Waals surface area contributed by atoms with Crippen LogP contribution >= 0.6 is 0 Å². The highest BCUT2D eigenvalue weighted by atomic mass is 16.2. The van der Waals surface area contributed by atoms with E-state index in [9.17, 15) is 4.79 Å². The van der Waals surface area contributed by atoms with Gasteiger partial charge in [-0.05, 0) is 55.0 Å². The Kier molecular flexibility index (Phi) is 7.69. The summed E-state index contributed by atoms with van der Waals surface area (Å²) < 4.78 is 1.94. The van der Waals surface area contributed by atoms with E-state index in [0.29, 0.717) is 6.54 Å². The Bertz CT molecular complexity index is 1440. The van der Waals surface area contributed by atoms with Gasteiger partial charge in [-0.25, -0.2) is 14.6 Å². The molecule has 2 aromatic heterocycles. The lowest BCUT2D eigenvalue weighted by Gasteiger charge is -2.24. The number of rotatable bonds is 6. The maximum Gasteiger partial charge on any atom is 0.253 e. The van der Waals surface area contributed by atoms with Gasteiger partial charge in [0.05, 0.1) is 16.8 Å². The molecule has 2 aromatic carbocycles. The van der Waals surface area contributed by atoms with Crippen LogP contribution in [0.25, 0.3) is 16.7 Å². The standard InChI is InChI=1S/C32H40N6O/c1-6-7-14-27-33-29(28-23(2)35-38(30(28)34-27)26-12-9-8-10-13-26)36-19-11-20-37(22-21-36)31(39)24-15-17-25(18-16-24)32(3,4)5/h8-10,12-13,15-18H,6-7,11,14,19-22H2,1-5H3. The molecule has 0 bridgehead atoms. The Morgan fingerprint density at radius 2 is 1.67 bits per heavy atom. The number of nitrogens with zero attached hydrogens (tertiary/aromatic N) is 6. The first kappa shape index (κ1) is 26.9. The summed E-state index contributed by atoms with van der Waals surface area (Å²) in [4.78, 5) is 27.8. The lowest BCUT2D eigenvalue weighted by Crippen LogP contribution is -2.35. The number of anilines is 1. The van der Waals surface area contributed by atoms with E-state index >= 15 is 0 Å². The van der Waals surface area contributed by atoms with Gasteiger partial charge in [0, 0.05) is 38.2 Å². The molecule has 0 aliphatic carbocycles. The monoisotopic (exact) mass is 524 g/mol. The largest absolute Gasteiger partial charge is 0.354 e. The molecule has 0 N–H and O–H groups in total. The number of aromatic nitrogens is 4. The third-order valence-electron chi connectivity index (χ3n) is 7.56. The van der Waals surface area contributed by atoms with Crippen molar-refractivity contribution in [1.82, 2.24) is 24.6 Å². The number of fused-ring (bicyclic) bond motifs is 1. The van der Waals surface area contributed by atoms with Gasteiger partial charge in [-0.1, -0.05) is 64.4 Å². The van der Waals surface area contributed by atoms with Crippen LogP contribution in [0, 0.1) is 6.92 Å². The summed E-state index contributed by atoms with van der Waals surface area (Å²) >= 11 is 0. The van der Waals surface area contributed by atoms with Crippen LogP contribution in [-0.4, -0.2) is 56.7 Å². The number of hydrogen-bond acceptors (Lipinski definition) is 5. The number of amides is 1. The van der Waals surface area contributed by atoms with Crippen LogP contribution in [-0.2, 0) is 11.8 Å². The molecular formula is C32H40N6O. The molecule has 1 saturated heterocycles. The Morgan fingerprint density at radius 1 is 0.923 bits per heavy atom. The molecule has 0 unspecified atom stereocenters. The van der Waals surface area contributed by atoms with Crippen molar-refractivity contribution in [3.05, 3.63) is 77.2 Å². The second kappa shape index (κ2) is 11.2. The summed E-state index contributed by atoms with van der Waals surface area (Å²) in [7, 11) is 0. The molecule has 0 radical (unpaired) electrons. The van der Waals surface area contributed by atoms with Crippen molar-refractivity contribution >= 4 is 22.8 Å². The van der Waals surface area contributed by atoms with Crippen molar-refractivity contribution in [1.29, 1.82) is 0 Å². The van der Waals surface area contributed by atoms with E-state index in [1.807, 2.05) is 46.8 Å². The summed E-state index contributed by atoms with van der Waals surface area (Å²) in [5.74, 6) is 1.89. The van der Waals surface area contributed by atoms with Crippen molar-refractivity contribution in [2.45, 2.75) is 65.7 Å². The second-order valence-electron chi connectivity index (χ2n) is 11.6.